The lowest BCUT2D eigenvalue weighted by molar-refractivity contribution is 0.0950. The normalized spacial score (nSPS) is 10.8. The summed E-state index contributed by atoms with van der Waals surface area (Å²) in [5.41, 5.74) is 5.47. The molecule has 0 bridgehead atoms. The van der Waals surface area contributed by atoms with E-state index in [2.05, 4.69) is 30.4 Å². The average molecular weight is 413 g/mol. The van der Waals surface area contributed by atoms with E-state index in [1.165, 1.54) is 6.33 Å². The summed E-state index contributed by atoms with van der Waals surface area (Å²) in [6.07, 6.45) is 7.40. The van der Waals surface area contributed by atoms with Gasteiger partial charge in [0.1, 0.15) is 12.2 Å². The van der Waals surface area contributed by atoms with Crippen LogP contribution >= 0.6 is 0 Å². The van der Waals surface area contributed by atoms with Crippen molar-refractivity contribution in [2.75, 3.05) is 0 Å². The van der Waals surface area contributed by atoms with Crippen LogP contribution in [0.2, 0.25) is 0 Å². The van der Waals surface area contributed by atoms with Crippen molar-refractivity contribution >= 4 is 5.91 Å². The first-order chi connectivity index (χ1) is 15.0. The maximum Gasteiger partial charge on any atom is 0.251 e. The number of hydrogen-bond acceptors (Lipinski definition) is 6. The van der Waals surface area contributed by atoms with Gasteiger partial charge in [0.15, 0.2) is 0 Å². The van der Waals surface area contributed by atoms with Crippen molar-refractivity contribution in [3.8, 4) is 16.9 Å². The fourth-order valence-corrected chi connectivity index (χ4v) is 3.16. The van der Waals surface area contributed by atoms with E-state index < -0.39 is 0 Å². The number of aromatic nitrogens is 6. The Morgan fingerprint density at radius 3 is 2.58 bits per heavy atom. The molecule has 8 heteroatoms. The maximum absolute atomic E-state index is 13.0. The topological polar surface area (TPSA) is 98.5 Å². The zero-order valence-electron chi connectivity index (χ0n) is 17.7. The average Bonchev–Trinajstić information content (AvgIpc) is 3.28. The third kappa shape index (κ3) is 4.63. The molecule has 0 aliphatic heterocycles. The Kier molecular flexibility index (Phi) is 5.79. The predicted octanol–water partition coefficient (Wildman–Crippen LogP) is 3.23. The van der Waals surface area contributed by atoms with Gasteiger partial charge < -0.3 is 5.32 Å². The minimum Gasteiger partial charge on any atom is -0.346 e. The SMILES string of the molecule is CCc1ncnn1-c1cc(C(=O)NCc2cnc(C)cn2)cc(-c2ccc(C)cn2)c1. The van der Waals surface area contributed by atoms with Crippen molar-refractivity contribution in [2.45, 2.75) is 33.7 Å². The molecular formula is C23H23N7O. The van der Waals surface area contributed by atoms with E-state index in [4.69, 9.17) is 0 Å². The molecule has 0 fully saturated rings. The van der Waals surface area contributed by atoms with Crippen LogP contribution in [-0.4, -0.2) is 35.6 Å². The van der Waals surface area contributed by atoms with Crippen LogP contribution in [-0.2, 0) is 13.0 Å². The first-order valence-electron chi connectivity index (χ1n) is 10.1. The zero-order chi connectivity index (χ0) is 21.8. The summed E-state index contributed by atoms with van der Waals surface area (Å²) in [6.45, 7) is 6.17. The van der Waals surface area contributed by atoms with Crippen LogP contribution in [0.3, 0.4) is 0 Å². The van der Waals surface area contributed by atoms with E-state index in [1.807, 2.05) is 57.3 Å². The van der Waals surface area contributed by atoms with Crippen LogP contribution in [0.4, 0.5) is 0 Å². The molecule has 0 saturated heterocycles. The first kappa shape index (κ1) is 20.3. The first-order valence-corrected chi connectivity index (χ1v) is 10.1. The zero-order valence-corrected chi connectivity index (χ0v) is 17.7. The second-order valence-electron chi connectivity index (χ2n) is 7.26. The number of carbonyl (C=O) groups is 1. The van der Waals surface area contributed by atoms with Crippen molar-refractivity contribution in [2.24, 2.45) is 0 Å². The van der Waals surface area contributed by atoms with Crippen LogP contribution in [0, 0.1) is 13.8 Å². The second-order valence-corrected chi connectivity index (χ2v) is 7.26. The summed E-state index contributed by atoms with van der Waals surface area (Å²) in [5, 5.41) is 7.26. The molecule has 1 aromatic carbocycles. The summed E-state index contributed by atoms with van der Waals surface area (Å²) in [7, 11) is 0. The Balaban J connectivity index is 1.69. The van der Waals surface area contributed by atoms with Crippen LogP contribution < -0.4 is 5.32 Å². The molecule has 4 aromatic rings. The molecule has 3 aromatic heterocycles. The van der Waals surface area contributed by atoms with Gasteiger partial charge in [-0.2, -0.15) is 5.10 Å². The molecule has 0 aliphatic carbocycles. The van der Waals surface area contributed by atoms with Crippen LogP contribution in [0.25, 0.3) is 16.9 Å². The smallest absolute Gasteiger partial charge is 0.251 e. The van der Waals surface area contributed by atoms with Gasteiger partial charge in [-0.15, -0.1) is 0 Å². The van der Waals surface area contributed by atoms with Gasteiger partial charge in [-0.1, -0.05) is 13.0 Å². The third-order valence-corrected chi connectivity index (χ3v) is 4.83. The number of amides is 1. The molecule has 0 radical (unpaired) electrons. The minimum absolute atomic E-state index is 0.212. The molecule has 3 heterocycles. The van der Waals surface area contributed by atoms with Gasteiger partial charge in [0.05, 0.1) is 35.5 Å². The highest BCUT2D eigenvalue weighted by atomic mass is 16.1. The van der Waals surface area contributed by atoms with Crippen LogP contribution in [0.5, 0.6) is 0 Å². The van der Waals surface area contributed by atoms with E-state index in [0.717, 1.165) is 40.4 Å². The maximum atomic E-state index is 13.0. The summed E-state index contributed by atoms with van der Waals surface area (Å²) in [4.78, 5) is 30.3. The molecule has 0 saturated carbocycles. The van der Waals surface area contributed by atoms with Gasteiger partial charge in [-0.3, -0.25) is 19.7 Å². The number of hydrogen-bond donors (Lipinski definition) is 1. The summed E-state index contributed by atoms with van der Waals surface area (Å²) in [5.74, 6) is 0.603. The van der Waals surface area contributed by atoms with Gasteiger partial charge in [-0.25, -0.2) is 9.67 Å². The van der Waals surface area contributed by atoms with E-state index >= 15 is 0 Å². The number of benzene rings is 1. The second kappa shape index (κ2) is 8.83. The molecule has 1 amide bonds. The van der Waals surface area contributed by atoms with Crippen molar-refractivity contribution in [1.82, 2.24) is 35.0 Å². The lowest BCUT2D eigenvalue weighted by Crippen LogP contribution is -2.23. The molecule has 156 valence electrons. The van der Waals surface area contributed by atoms with Crippen molar-refractivity contribution < 1.29 is 4.79 Å². The van der Waals surface area contributed by atoms with Crippen molar-refractivity contribution in [3.63, 3.8) is 0 Å². The van der Waals surface area contributed by atoms with Crippen LogP contribution in [0.1, 0.15) is 40.1 Å². The van der Waals surface area contributed by atoms with Gasteiger partial charge in [0, 0.05) is 29.9 Å². The molecule has 8 nitrogen and oxygen atoms in total. The summed E-state index contributed by atoms with van der Waals surface area (Å²) < 4.78 is 1.75. The van der Waals surface area contributed by atoms with E-state index in [0.29, 0.717) is 11.3 Å². The molecule has 0 unspecified atom stereocenters. The summed E-state index contributed by atoms with van der Waals surface area (Å²) >= 11 is 0. The minimum atomic E-state index is -0.212. The Labute approximate surface area is 180 Å². The number of nitrogens with zero attached hydrogens (tertiary/aromatic N) is 6. The fraction of sp³-hybridized carbons (Fsp3) is 0.217. The van der Waals surface area contributed by atoms with Gasteiger partial charge in [0.25, 0.3) is 5.91 Å². The quantitative estimate of drug-likeness (QED) is 0.521. The van der Waals surface area contributed by atoms with Crippen molar-refractivity contribution in [1.29, 1.82) is 0 Å². The number of rotatable bonds is 6. The Bertz CT molecular complexity index is 1200. The number of nitrogens with one attached hydrogen (secondary N) is 1. The molecule has 1 N–H and O–H groups in total. The van der Waals surface area contributed by atoms with Crippen molar-refractivity contribution in [3.05, 3.63) is 83.6 Å². The molecule has 4 rings (SSSR count). The van der Waals surface area contributed by atoms with Gasteiger partial charge in [-0.05, 0) is 43.7 Å². The molecular weight excluding hydrogens is 390 g/mol. The molecule has 31 heavy (non-hydrogen) atoms. The number of pyridine rings is 1. The highest BCUT2D eigenvalue weighted by Crippen LogP contribution is 2.24. The molecule has 0 aliphatic rings. The number of carbonyl (C=O) groups excluding carboxylic acids is 1. The predicted molar refractivity (Wildman–Crippen MR) is 117 cm³/mol. The highest BCUT2D eigenvalue weighted by molar-refractivity contribution is 5.96. The fourth-order valence-electron chi connectivity index (χ4n) is 3.16. The number of aryl methyl sites for hydroxylation is 3. The Morgan fingerprint density at radius 2 is 1.87 bits per heavy atom. The van der Waals surface area contributed by atoms with Crippen LogP contribution in [0.15, 0.2) is 55.2 Å². The lowest BCUT2D eigenvalue weighted by Gasteiger charge is -2.12. The Hall–Kier alpha value is -3.94. The largest absolute Gasteiger partial charge is 0.346 e. The van der Waals surface area contributed by atoms with E-state index in [9.17, 15) is 4.79 Å². The van der Waals surface area contributed by atoms with Gasteiger partial charge in [0.2, 0.25) is 0 Å². The monoisotopic (exact) mass is 413 g/mol. The lowest BCUT2D eigenvalue weighted by atomic mass is 10.0. The van der Waals surface area contributed by atoms with E-state index in [1.54, 1.807) is 17.1 Å². The highest BCUT2D eigenvalue weighted by Gasteiger charge is 2.14. The Morgan fingerprint density at radius 1 is 1.00 bits per heavy atom. The summed E-state index contributed by atoms with van der Waals surface area (Å²) in [6, 6.07) is 9.55. The van der Waals surface area contributed by atoms with E-state index in [-0.39, 0.29) is 12.5 Å². The molecule has 0 spiro atoms. The molecule has 0 atom stereocenters. The standard InChI is InChI=1S/C23H23N7O/c1-4-22-28-14-29-30(22)20-8-17(21-6-5-15(2)10-26-21)7-18(9-20)23(31)27-13-19-12-24-16(3)11-25-19/h5-12,14H,4,13H2,1-3H3,(H,27,31). The third-order valence-electron chi connectivity index (χ3n) is 4.83. The van der Waals surface area contributed by atoms with Gasteiger partial charge >= 0.3 is 0 Å².